The van der Waals surface area contributed by atoms with Crippen molar-refractivity contribution in [1.29, 1.82) is 0 Å². The number of aromatic nitrogens is 1. The number of pyridine rings is 1. The van der Waals surface area contributed by atoms with Crippen LogP contribution in [0.3, 0.4) is 0 Å². The van der Waals surface area contributed by atoms with Gasteiger partial charge in [0.15, 0.2) is 0 Å². The standard InChI is InChI=1S/C11H14BrClN2O2/c1-7-3-14-5-9(17-7)6-16-11-10(12)2-8(13)4-15-11/h2,4,7,9,14H,3,5-6H2,1H3. The van der Waals surface area contributed by atoms with Gasteiger partial charge in [0, 0.05) is 19.3 Å². The van der Waals surface area contributed by atoms with Gasteiger partial charge < -0.3 is 14.8 Å². The number of ether oxygens (including phenoxy) is 2. The molecule has 1 aromatic heterocycles. The molecule has 1 aliphatic rings. The SMILES string of the molecule is CC1CNCC(COc2ncc(Cl)cc2Br)O1. The van der Waals surface area contributed by atoms with Gasteiger partial charge in [-0.1, -0.05) is 11.6 Å². The number of hydrogen-bond acceptors (Lipinski definition) is 4. The number of hydrogen-bond donors (Lipinski definition) is 1. The van der Waals surface area contributed by atoms with Gasteiger partial charge in [-0.15, -0.1) is 0 Å². The average molecular weight is 322 g/mol. The van der Waals surface area contributed by atoms with E-state index in [2.05, 4.69) is 26.2 Å². The molecule has 1 aromatic rings. The predicted octanol–water partition coefficient (Wildman–Crippen LogP) is 2.25. The highest BCUT2D eigenvalue weighted by atomic mass is 79.9. The van der Waals surface area contributed by atoms with Gasteiger partial charge in [0.25, 0.3) is 0 Å². The lowest BCUT2D eigenvalue weighted by atomic mass is 10.2. The van der Waals surface area contributed by atoms with Gasteiger partial charge in [-0.25, -0.2) is 4.98 Å². The molecule has 94 valence electrons. The molecule has 1 N–H and O–H groups in total. The van der Waals surface area contributed by atoms with E-state index in [4.69, 9.17) is 21.1 Å². The van der Waals surface area contributed by atoms with Gasteiger partial charge >= 0.3 is 0 Å². The Morgan fingerprint density at radius 2 is 2.47 bits per heavy atom. The number of rotatable bonds is 3. The Morgan fingerprint density at radius 3 is 3.18 bits per heavy atom. The van der Waals surface area contributed by atoms with E-state index < -0.39 is 0 Å². The van der Waals surface area contributed by atoms with E-state index in [0.29, 0.717) is 17.5 Å². The minimum Gasteiger partial charge on any atom is -0.474 e. The molecule has 1 fully saturated rings. The zero-order chi connectivity index (χ0) is 12.3. The van der Waals surface area contributed by atoms with E-state index in [-0.39, 0.29) is 12.2 Å². The maximum Gasteiger partial charge on any atom is 0.228 e. The highest BCUT2D eigenvalue weighted by Crippen LogP contribution is 2.25. The normalized spacial score (nSPS) is 24.6. The molecule has 0 aromatic carbocycles. The molecule has 2 rings (SSSR count). The van der Waals surface area contributed by atoms with E-state index >= 15 is 0 Å². The maximum atomic E-state index is 5.80. The fourth-order valence-electron chi connectivity index (χ4n) is 1.65. The first-order valence-electron chi connectivity index (χ1n) is 5.45. The average Bonchev–Trinajstić information content (AvgIpc) is 2.28. The largest absolute Gasteiger partial charge is 0.474 e. The fourth-order valence-corrected chi connectivity index (χ4v) is 2.40. The molecule has 0 saturated carbocycles. The molecule has 0 spiro atoms. The first-order valence-corrected chi connectivity index (χ1v) is 6.62. The number of morpholine rings is 1. The molecule has 4 nitrogen and oxygen atoms in total. The zero-order valence-electron chi connectivity index (χ0n) is 9.45. The van der Waals surface area contributed by atoms with E-state index in [9.17, 15) is 0 Å². The first kappa shape index (κ1) is 13.1. The Bertz CT molecular complexity index is 392. The molecule has 2 atom stereocenters. The second-order valence-corrected chi connectivity index (χ2v) is 5.27. The number of nitrogens with one attached hydrogen (secondary N) is 1. The summed E-state index contributed by atoms with van der Waals surface area (Å²) in [6, 6.07) is 1.76. The molecule has 2 unspecified atom stereocenters. The Kier molecular flexibility index (Phi) is 4.62. The molecule has 2 heterocycles. The highest BCUT2D eigenvalue weighted by Gasteiger charge is 2.19. The fraction of sp³-hybridized carbons (Fsp3) is 0.545. The summed E-state index contributed by atoms with van der Waals surface area (Å²) in [5.74, 6) is 0.538. The van der Waals surface area contributed by atoms with Gasteiger partial charge in [-0.05, 0) is 28.9 Å². The smallest absolute Gasteiger partial charge is 0.228 e. The third-order valence-corrected chi connectivity index (χ3v) is 3.18. The Labute approximate surface area is 114 Å². The number of nitrogens with zero attached hydrogens (tertiary/aromatic N) is 1. The second-order valence-electron chi connectivity index (χ2n) is 3.98. The number of halogens is 2. The third-order valence-electron chi connectivity index (χ3n) is 2.41. The van der Waals surface area contributed by atoms with Crippen molar-refractivity contribution in [3.8, 4) is 5.88 Å². The van der Waals surface area contributed by atoms with Crippen molar-refractivity contribution in [3.63, 3.8) is 0 Å². The van der Waals surface area contributed by atoms with Gasteiger partial charge in [-0.3, -0.25) is 0 Å². The summed E-state index contributed by atoms with van der Waals surface area (Å²) in [7, 11) is 0. The van der Waals surface area contributed by atoms with Crippen LogP contribution in [0.25, 0.3) is 0 Å². The van der Waals surface area contributed by atoms with Crippen LogP contribution in [0.15, 0.2) is 16.7 Å². The minimum absolute atomic E-state index is 0.0585. The van der Waals surface area contributed by atoms with Crippen molar-refractivity contribution >= 4 is 27.5 Å². The van der Waals surface area contributed by atoms with Crippen LogP contribution in [0.1, 0.15) is 6.92 Å². The van der Waals surface area contributed by atoms with Crippen molar-refractivity contribution in [2.24, 2.45) is 0 Å². The summed E-state index contributed by atoms with van der Waals surface area (Å²) >= 11 is 9.16. The van der Waals surface area contributed by atoms with Gasteiger partial charge in [0.1, 0.15) is 12.7 Å². The van der Waals surface area contributed by atoms with Crippen molar-refractivity contribution in [2.45, 2.75) is 19.1 Å². The van der Waals surface area contributed by atoms with Gasteiger partial charge in [0.05, 0.1) is 15.6 Å². The maximum absolute atomic E-state index is 5.80. The molecule has 6 heteroatoms. The van der Waals surface area contributed by atoms with Gasteiger partial charge in [0.2, 0.25) is 5.88 Å². The molecule has 0 amide bonds. The Balaban J connectivity index is 1.88. The van der Waals surface area contributed by atoms with Crippen LogP contribution < -0.4 is 10.1 Å². The molecule has 1 saturated heterocycles. The quantitative estimate of drug-likeness (QED) is 0.927. The topological polar surface area (TPSA) is 43.4 Å². The van der Waals surface area contributed by atoms with E-state index in [1.165, 1.54) is 0 Å². The third kappa shape index (κ3) is 3.81. The predicted molar refractivity (Wildman–Crippen MR) is 69.6 cm³/mol. The second kappa shape index (κ2) is 6.00. The Morgan fingerprint density at radius 1 is 1.65 bits per heavy atom. The molecule has 17 heavy (non-hydrogen) atoms. The monoisotopic (exact) mass is 320 g/mol. The minimum atomic E-state index is 0.0585. The van der Waals surface area contributed by atoms with Crippen LogP contribution in [0.2, 0.25) is 5.02 Å². The summed E-state index contributed by atoms with van der Waals surface area (Å²) in [4.78, 5) is 4.10. The summed E-state index contributed by atoms with van der Waals surface area (Å²) in [6.45, 7) is 4.20. The molecule has 1 aliphatic heterocycles. The van der Waals surface area contributed by atoms with E-state index in [1.54, 1.807) is 12.3 Å². The summed E-state index contributed by atoms with van der Waals surface area (Å²) < 4.78 is 12.1. The van der Waals surface area contributed by atoms with Crippen molar-refractivity contribution in [1.82, 2.24) is 10.3 Å². The lowest BCUT2D eigenvalue weighted by molar-refractivity contribution is -0.0477. The van der Waals surface area contributed by atoms with Crippen LogP contribution in [0, 0.1) is 0 Å². The molecular weight excluding hydrogens is 307 g/mol. The summed E-state index contributed by atoms with van der Waals surface area (Å²) in [5.41, 5.74) is 0. The van der Waals surface area contributed by atoms with Crippen LogP contribution in [0.4, 0.5) is 0 Å². The van der Waals surface area contributed by atoms with Crippen molar-refractivity contribution < 1.29 is 9.47 Å². The summed E-state index contributed by atoms with van der Waals surface area (Å²) in [6.07, 6.45) is 1.84. The van der Waals surface area contributed by atoms with Crippen molar-refractivity contribution in [2.75, 3.05) is 19.7 Å². The van der Waals surface area contributed by atoms with E-state index in [0.717, 1.165) is 17.6 Å². The molecular formula is C11H14BrClN2O2. The van der Waals surface area contributed by atoms with Crippen LogP contribution in [-0.2, 0) is 4.74 Å². The van der Waals surface area contributed by atoms with Crippen LogP contribution in [0.5, 0.6) is 5.88 Å². The first-order chi connectivity index (χ1) is 8.15. The molecule has 0 bridgehead atoms. The highest BCUT2D eigenvalue weighted by molar-refractivity contribution is 9.10. The van der Waals surface area contributed by atoms with Gasteiger partial charge in [-0.2, -0.15) is 0 Å². The zero-order valence-corrected chi connectivity index (χ0v) is 11.8. The lowest BCUT2D eigenvalue weighted by Crippen LogP contribution is -2.45. The van der Waals surface area contributed by atoms with Crippen LogP contribution >= 0.6 is 27.5 Å². The molecule has 0 radical (unpaired) electrons. The van der Waals surface area contributed by atoms with Crippen molar-refractivity contribution in [3.05, 3.63) is 21.8 Å². The van der Waals surface area contributed by atoms with Crippen LogP contribution in [-0.4, -0.2) is 36.9 Å². The summed E-state index contributed by atoms with van der Waals surface area (Å²) in [5, 5.41) is 3.86. The lowest BCUT2D eigenvalue weighted by Gasteiger charge is -2.28. The molecule has 0 aliphatic carbocycles. The van der Waals surface area contributed by atoms with E-state index in [1.807, 2.05) is 6.92 Å². The Hall–Kier alpha value is -0.360.